The highest BCUT2D eigenvalue weighted by Crippen LogP contribution is 2.02. The zero-order valence-electron chi connectivity index (χ0n) is 8.71. The van der Waals surface area contributed by atoms with E-state index in [9.17, 15) is 4.79 Å². The molecule has 0 saturated carbocycles. The molecule has 1 aromatic heterocycles. The Kier molecular flexibility index (Phi) is 3.75. The van der Waals surface area contributed by atoms with Crippen LogP contribution < -0.4 is 0 Å². The van der Waals surface area contributed by atoms with E-state index in [1.807, 2.05) is 0 Å². The molecule has 1 heterocycles. The summed E-state index contributed by atoms with van der Waals surface area (Å²) in [5.74, 6) is -0.346. The summed E-state index contributed by atoms with van der Waals surface area (Å²) in [6, 6.07) is 2.08. The minimum atomic E-state index is -0.177. The summed E-state index contributed by atoms with van der Waals surface area (Å²) in [6.45, 7) is 2.18. The van der Waals surface area contributed by atoms with Gasteiger partial charge >= 0.3 is 0 Å². The smallest absolute Gasteiger partial charge is 0.256 e. The molecule has 15 heavy (non-hydrogen) atoms. The lowest BCUT2D eigenvalue weighted by molar-refractivity contribution is 0.0784. The van der Waals surface area contributed by atoms with E-state index in [4.69, 9.17) is 5.26 Å². The first-order valence-corrected chi connectivity index (χ1v) is 4.55. The topological polar surface area (TPSA) is 69.9 Å². The highest BCUT2D eigenvalue weighted by atomic mass is 16.2. The Bertz CT molecular complexity index is 371. The minimum absolute atomic E-state index is 0.169. The summed E-state index contributed by atoms with van der Waals surface area (Å²) in [6.07, 6.45) is 4.29. The first-order valence-electron chi connectivity index (χ1n) is 4.55. The highest BCUT2D eigenvalue weighted by molar-refractivity contribution is 5.93. The van der Waals surface area contributed by atoms with Crippen molar-refractivity contribution in [2.75, 3.05) is 13.6 Å². The molecule has 1 aromatic rings. The molecule has 0 spiro atoms. The van der Waals surface area contributed by atoms with Gasteiger partial charge in [0.2, 0.25) is 0 Å². The second kappa shape index (κ2) is 5.05. The molecular weight excluding hydrogens is 192 g/mol. The molecule has 0 fully saturated rings. The second-order valence-corrected chi connectivity index (χ2v) is 3.34. The van der Waals surface area contributed by atoms with Gasteiger partial charge in [-0.25, -0.2) is 9.97 Å². The van der Waals surface area contributed by atoms with Crippen LogP contribution in [0, 0.1) is 17.2 Å². The maximum atomic E-state index is 11.7. The summed E-state index contributed by atoms with van der Waals surface area (Å²) in [4.78, 5) is 20.8. The quantitative estimate of drug-likeness (QED) is 0.727. The Morgan fingerprint density at radius 3 is 2.73 bits per heavy atom. The van der Waals surface area contributed by atoms with Gasteiger partial charge in [0.1, 0.15) is 6.33 Å². The maximum Gasteiger partial charge on any atom is 0.256 e. The van der Waals surface area contributed by atoms with Crippen LogP contribution in [0.2, 0.25) is 0 Å². The SMILES string of the molecule is CC(C#N)CN(C)C(=O)c1cncnc1. The van der Waals surface area contributed by atoms with Crippen LogP contribution in [-0.2, 0) is 0 Å². The van der Waals surface area contributed by atoms with E-state index in [-0.39, 0.29) is 11.8 Å². The van der Waals surface area contributed by atoms with Crippen LogP contribution in [0.5, 0.6) is 0 Å². The Balaban J connectivity index is 2.66. The van der Waals surface area contributed by atoms with Crippen LogP contribution in [0.15, 0.2) is 18.7 Å². The third-order valence-corrected chi connectivity index (χ3v) is 1.92. The summed E-state index contributed by atoms with van der Waals surface area (Å²) >= 11 is 0. The van der Waals surface area contributed by atoms with E-state index in [0.717, 1.165) is 0 Å². The van der Waals surface area contributed by atoms with Crippen LogP contribution in [0.3, 0.4) is 0 Å². The number of rotatable bonds is 3. The summed E-state index contributed by atoms with van der Waals surface area (Å²) < 4.78 is 0. The number of nitrogens with zero attached hydrogens (tertiary/aromatic N) is 4. The zero-order chi connectivity index (χ0) is 11.3. The average Bonchev–Trinajstić information content (AvgIpc) is 2.29. The Morgan fingerprint density at radius 2 is 2.20 bits per heavy atom. The molecule has 0 aliphatic heterocycles. The van der Waals surface area contributed by atoms with Crippen LogP contribution >= 0.6 is 0 Å². The Labute approximate surface area is 88.4 Å². The first kappa shape index (κ1) is 11.1. The molecule has 78 valence electrons. The summed E-state index contributed by atoms with van der Waals surface area (Å²) in [7, 11) is 1.66. The van der Waals surface area contributed by atoms with E-state index < -0.39 is 0 Å². The van der Waals surface area contributed by atoms with Crippen molar-refractivity contribution in [1.29, 1.82) is 5.26 Å². The number of hydrogen-bond acceptors (Lipinski definition) is 4. The van der Waals surface area contributed by atoms with Crippen molar-refractivity contribution in [1.82, 2.24) is 14.9 Å². The maximum absolute atomic E-state index is 11.7. The van der Waals surface area contributed by atoms with E-state index in [1.165, 1.54) is 23.6 Å². The molecular formula is C10H12N4O. The summed E-state index contributed by atoms with van der Waals surface area (Å²) in [5.41, 5.74) is 0.435. The summed E-state index contributed by atoms with van der Waals surface area (Å²) in [5, 5.41) is 8.62. The number of carbonyl (C=O) groups is 1. The fourth-order valence-electron chi connectivity index (χ4n) is 1.16. The fraction of sp³-hybridized carbons (Fsp3) is 0.400. The molecule has 0 bridgehead atoms. The second-order valence-electron chi connectivity index (χ2n) is 3.34. The molecule has 0 saturated heterocycles. The molecule has 0 aromatic carbocycles. The highest BCUT2D eigenvalue weighted by Gasteiger charge is 2.14. The lowest BCUT2D eigenvalue weighted by atomic mass is 10.2. The van der Waals surface area contributed by atoms with Gasteiger partial charge in [0.05, 0.1) is 17.6 Å². The standard InChI is InChI=1S/C10H12N4O/c1-8(3-11)6-14(2)10(15)9-4-12-7-13-5-9/h4-5,7-8H,6H2,1-2H3. The number of aromatic nitrogens is 2. The van der Waals surface area contributed by atoms with Gasteiger partial charge in [0.25, 0.3) is 5.91 Å². The van der Waals surface area contributed by atoms with E-state index in [1.54, 1.807) is 14.0 Å². The monoisotopic (exact) mass is 204 g/mol. The van der Waals surface area contributed by atoms with Gasteiger partial charge < -0.3 is 4.90 Å². The molecule has 5 nitrogen and oxygen atoms in total. The van der Waals surface area contributed by atoms with E-state index in [2.05, 4.69) is 16.0 Å². The van der Waals surface area contributed by atoms with Crippen LogP contribution in [0.4, 0.5) is 0 Å². The third kappa shape index (κ3) is 3.02. The first-order chi connectivity index (χ1) is 7.15. The van der Waals surface area contributed by atoms with E-state index >= 15 is 0 Å². The van der Waals surface area contributed by atoms with Gasteiger partial charge in [0, 0.05) is 26.0 Å². The third-order valence-electron chi connectivity index (χ3n) is 1.92. The number of nitriles is 1. The van der Waals surface area contributed by atoms with Gasteiger partial charge in [-0.1, -0.05) is 0 Å². The molecule has 0 aliphatic rings. The zero-order valence-corrected chi connectivity index (χ0v) is 8.71. The van der Waals surface area contributed by atoms with Crippen molar-refractivity contribution >= 4 is 5.91 Å². The molecule has 1 unspecified atom stereocenters. The average molecular weight is 204 g/mol. The van der Waals surface area contributed by atoms with Gasteiger partial charge in [-0.05, 0) is 6.92 Å². The van der Waals surface area contributed by atoms with Crippen molar-refractivity contribution in [2.24, 2.45) is 5.92 Å². The van der Waals surface area contributed by atoms with Crippen molar-refractivity contribution in [2.45, 2.75) is 6.92 Å². The lowest BCUT2D eigenvalue weighted by Crippen LogP contribution is -2.30. The van der Waals surface area contributed by atoms with E-state index in [0.29, 0.717) is 12.1 Å². The van der Waals surface area contributed by atoms with Gasteiger partial charge in [0.15, 0.2) is 0 Å². The number of hydrogen-bond donors (Lipinski definition) is 0. The molecule has 1 atom stereocenters. The van der Waals surface area contributed by atoms with Crippen molar-refractivity contribution < 1.29 is 4.79 Å². The van der Waals surface area contributed by atoms with Crippen molar-refractivity contribution in [3.8, 4) is 6.07 Å². The largest absolute Gasteiger partial charge is 0.340 e. The fourth-order valence-corrected chi connectivity index (χ4v) is 1.16. The van der Waals surface area contributed by atoms with Crippen LogP contribution in [-0.4, -0.2) is 34.4 Å². The number of amides is 1. The normalized spacial score (nSPS) is 11.5. The lowest BCUT2D eigenvalue weighted by Gasteiger charge is -2.17. The minimum Gasteiger partial charge on any atom is -0.340 e. The Hall–Kier alpha value is -1.96. The van der Waals surface area contributed by atoms with Gasteiger partial charge in [-0.3, -0.25) is 4.79 Å². The molecule has 0 N–H and O–H groups in total. The number of carbonyl (C=O) groups excluding carboxylic acids is 1. The molecule has 1 rings (SSSR count). The van der Waals surface area contributed by atoms with Crippen molar-refractivity contribution in [3.05, 3.63) is 24.3 Å². The van der Waals surface area contributed by atoms with Gasteiger partial charge in [-0.2, -0.15) is 5.26 Å². The van der Waals surface area contributed by atoms with Crippen LogP contribution in [0.25, 0.3) is 0 Å². The molecule has 0 radical (unpaired) electrons. The predicted octanol–water partition coefficient (Wildman–Crippen LogP) is 0.708. The Morgan fingerprint density at radius 1 is 1.60 bits per heavy atom. The van der Waals surface area contributed by atoms with Crippen LogP contribution in [0.1, 0.15) is 17.3 Å². The molecule has 0 aliphatic carbocycles. The molecule has 5 heteroatoms. The van der Waals surface area contributed by atoms with Gasteiger partial charge in [-0.15, -0.1) is 0 Å². The predicted molar refractivity (Wildman–Crippen MR) is 53.8 cm³/mol. The van der Waals surface area contributed by atoms with Crippen molar-refractivity contribution in [3.63, 3.8) is 0 Å². The molecule has 1 amide bonds.